The molecule has 1 rings (SSSR count). The number of benzene rings is 1. The van der Waals surface area contributed by atoms with Crippen LogP contribution in [0, 0.1) is 6.92 Å². The smallest absolute Gasteiger partial charge is 0.341 e. The molecule has 0 aliphatic rings. The standard InChI is InChI=1S/C16H24N2O7S/c1-11(2)24-6-7-26(22,23)17-9-15(19)18-14-5-4-13(8-12(14)3)25-10-16(20)21/h4-5,8,11,17H,6-7,9-10H2,1-3H3,(H,18,19)(H,20,21). The molecule has 0 radical (unpaired) electrons. The number of carboxylic acid groups (broad SMARTS) is 1. The summed E-state index contributed by atoms with van der Waals surface area (Å²) in [6, 6.07) is 4.64. The van der Waals surface area contributed by atoms with E-state index in [2.05, 4.69) is 10.0 Å². The van der Waals surface area contributed by atoms with Gasteiger partial charge in [0.15, 0.2) is 6.61 Å². The van der Waals surface area contributed by atoms with E-state index in [-0.39, 0.29) is 18.5 Å². The number of sulfonamides is 1. The minimum Gasteiger partial charge on any atom is -0.482 e. The minimum absolute atomic E-state index is 0.0472. The number of carboxylic acids is 1. The lowest BCUT2D eigenvalue weighted by Crippen LogP contribution is -2.35. The van der Waals surface area contributed by atoms with Gasteiger partial charge in [0.25, 0.3) is 0 Å². The average Bonchev–Trinajstić information content (AvgIpc) is 2.53. The Kier molecular flexibility index (Phi) is 8.49. The third kappa shape index (κ3) is 8.79. The van der Waals surface area contributed by atoms with Gasteiger partial charge in [-0.2, -0.15) is 0 Å². The fourth-order valence-electron chi connectivity index (χ4n) is 1.85. The highest BCUT2D eigenvalue weighted by atomic mass is 32.2. The molecule has 0 aromatic heterocycles. The molecule has 26 heavy (non-hydrogen) atoms. The molecular formula is C16H24N2O7S. The highest BCUT2D eigenvalue weighted by molar-refractivity contribution is 7.89. The zero-order chi connectivity index (χ0) is 19.7. The fourth-order valence-corrected chi connectivity index (χ4v) is 2.66. The Bertz CT molecular complexity index is 732. The van der Waals surface area contributed by atoms with Crippen molar-refractivity contribution in [3.8, 4) is 5.75 Å². The molecule has 0 spiro atoms. The summed E-state index contributed by atoms with van der Waals surface area (Å²) >= 11 is 0. The van der Waals surface area contributed by atoms with Crippen LogP contribution in [-0.2, 0) is 24.3 Å². The van der Waals surface area contributed by atoms with Crippen molar-refractivity contribution >= 4 is 27.6 Å². The number of nitrogens with one attached hydrogen (secondary N) is 2. The number of anilines is 1. The Morgan fingerprint density at radius 1 is 1.27 bits per heavy atom. The van der Waals surface area contributed by atoms with Crippen molar-refractivity contribution in [2.75, 3.05) is 30.8 Å². The van der Waals surface area contributed by atoms with Crippen LogP contribution >= 0.6 is 0 Å². The molecule has 0 heterocycles. The largest absolute Gasteiger partial charge is 0.482 e. The van der Waals surface area contributed by atoms with Gasteiger partial charge in [-0.05, 0) is 44.5 Å². The summed E-state index contributed by atoms with van der Waals surface area (Å²) in [5, 5.41) is 11.2. The average molecular weight is 388 g/mol. The second-order valence-electron chi connectivity index (χ2n) is 5.77. The Hall–Kier alpha value is -2.17. The summed E-state index contributed by atoms with van der Waals surface area (Å²) in [5.74, 6) is -1.49. The predicted molar refractivity (Wildman–Crippen MR) is 95.8 cm³/mol. The maximum Gasteiger partial charge on any atom is 0.341 e. The van der Waals surface area contributed by atoms with Crippen molar-refractivity contribution in [3.63, 3.8) is 0 Å². The maximum atomic E-state index is 11.9. The van der Waals surface area contributed by atoms with Gasteiger partial charge < -0.3 is 19.9 Å². The third-order valence-electron chi connectivity index (χ3n) is 3.09. The molecule has 0 saturated heterocycles. The molecule has 0 aliphatic carbocycles. The highest BCUT2D eigenvalue weighted by Gasteiger charge is 2.13. The van der Waals surface area contributed by atoms with E-state index in [0.29, 0.717) is 17.0 Å². The van der Waals surface area contributed by atoms with E-state index >= 15 is 0 Å². The van der Waals surface area contributed by atoms with Gasteiger partial charge in [-0.15, -0.1) is 0 Å². The van der Waals surface area contributed by atoms with Gasteiger partial charge in [0.05, 0.1) is 25.0 Å². The van der Waals surface area contributed by atoms with E-state index in [0.717, 1.165) is 0 Å². The summed E-state index contributed by atoms with van der Waals surface area (Å²) in [5.41, 5.74) is 1.12. The Balaban J connectivity index is 2.51. The molecule has 146 valence electrons. The number of carbonyl (C=O) groups is 2. The van der Waals surface area contributed by atoms with Crippen LogP contribution in [0.4, 0.5) is 5.69 Å². The summed E-state index contributed by atoms with van der Waals surface area (Å²) in [7, 11) is -3.61. The van der Waals surface area contributed by atoms with Crippen LogP contribution in [0.1, 0.15) is 19.4 Å². The molecule has 0 aliphatic heterocycles. The van der Waals surface area contributed by atoms with E-state index in [1.165, 1.54) is 6.07 Å². The summed E-state index contributed by atoms with van der Waals surface area (Å²) in [4.78, 5) is 22.4. The first-order chi connectivity index (χ1) is 12.1. The maximum absolute atomic E-state index is 11.9. The van der Waals surface area contributed by atoms with Crippen LogP contribution in [0.3, 0.4) is 0 Å². The van der Waals surface area contributed by atoms with Crippen molar-refractivity contribution in [1.82, 2.24) is 4.72 Å². The zero-order valence-corrected chi connectivity index (χ0v) is 15.8. The minimum atomic E-state index is -3.61. The first kappa shape index (κ1) is 21.9. The third-order valence-corrected chi connectivity index (χ3v) is 4.38. The first-order valence-corrected chi connectivity index (χ1v) is 9.58. The normalized spacial score (nSPS) is 11.4. The molecule has 0 fully saturated rings. The molecule has 1 amide bonds. The van der Waals surface area contributed by atoms with Crippen LogP contribution in [0.2, 0.25) is 0 Å². The van der Waals surface area contributed by atoms with Crippen LogP contribution in [0.5, 0.6) is 5.75 Å². The number of aliphatic carboxylic acids is 1. The first-order valence-electron chi connectivity index (χ1n) is 7.93. The van der Waals surface area contributed by atoms with Crippen molar-refractivity contribution in [2.45, 2.75) is 26.9 Å². The van der Waals surface area contributed by atoms with Crippen molar-refractivity contribution in [2.24, 2.45) is 0 Å². The predicted octanol–water partition coefficient (Wildman–Crippen LogP) is 0.741. The van der Waals surface area contributed by atoms with Crippen molar-refractivity contribution < 1.29 is 32.6 Å². The van der Waals surface area contributed by atoms with Gasteiger partial charge in [-0.1, -0.05) is 0 Å². The summed E-state index contributed by atoms with van der Waals surface area (Å²) in [6.07, 6.45) is -0.0704. The molecule has 10 heteroatoms. The van der Waals surface area contributed by atoms with Crippen LogP contribution in [-0.4, -0.2) is 57.0 Å². The summed E-state index contributed by atoms with van der Waals surface area (Å²) in [6.45, 7) is 4.48. The molecule has 1 aromatic carbocycles. The van der Waals surface area contributed by atoms with Gasteiger partial charge >= 0.3 is 5.97 Å². The molecule has 9 nitrogen and oxygen atoms in total. The molecule has 0 unspecified atom stereocenters. The lowest BCUT2D eigenvalue weighted by molar-refractivity contribution is -0.139. The van der Waals surface area contributed by atoms with Crippen molar-refractivity contribution in [1.29, 1.82) is 0 Å². The van der Waals surface area contributed by atoms with E-state index in [4.69, 9.17) is 14.6 Å². The monoisotopic (exact) mass is 388 g/mol. The second kappa shape index (κ2) is 10.1. The van der Waals surface area contributed by atoms with Gasteiger partial charge in [0, 0.05) is 5.69 Å². The molecule has 1 aromatic rings. The number of ether oxygens (including phenoxy) is 2. The van der Waals surface area contributed by atoms with Crippen LogP contribution in [0.25, 0.3) is 0 Å². The van der Waals surface area contributed by atoms with Gasteiger partial charge in [-0.3, -0.25) is 4.79 Å². The SMILES string of the molecule is Cc1cc(OCC(=O)O)ccc1NC(=O)CNS(=O)(=O)CCOC(C)C. The zero-order valence-electron chi connectivity index (χ0n) is 14.9. The van der Waals surface area contributed by atoms with E-state index in [9.17, 15) is 18.0 Å². The van der Waals surface area contributed by atoms with Gasteiger partial charge in [0.2, 0.25) is 15.9 Å². The quantitative estimate of drug-likeness (QED) is 0.509. The molecule has 0 atom stereocenters. The van der Waals surface area contributed by atoms with Crippen LogP contribution in [0.15, 0.2) is 18.2 Å². The number of rotatable bonds is 11. The molecule has 0 saturated carbocycles. The molecule has 3 N–H and O–H groups in total. The number of hydrogen-bond acceptors (Lipinski definition) is 6. The van der Waals surface area contributed by atoms with Crippen molar-refractivity contribution in [3.05, 3.63) is 23.8 Å². The summed E-state index contributed by atoms with van der Waals surface area (Å²) < 4.78 is 36.0. The number of aryl methyl sites for hydroxylation is 1. The van der Waals surface area contributed by atoms with E-state index in [1.807, 2.05) is 0 Å². The number of hydrogen-bond donors (Lipinski definition) is 3. The fraction of sp³-hybridized carbons (Fsp3) is 0.500. The number of amides is 1. The molecule has 0 bridgehead atoms. The Morgan fingerprint density at radius 3 is 2.54 bits per heavy atom. The van der Waals surface area contributed by atoms with Gasteiger partial charge in [0.1, 0.15) is 5.75 Å². The lowest BCUT2D eigenvalue weighted by Gasteiger charge is -2.12. The topological polar surface area (TPSA) is 131 Å². The lowest BCUT2D eigenvalue weighted by atomic mass is 10.2. The number of carbonyl (C=O) groups excluding carboxylic acids is 1. The second-order valence-corrected chi connectivity index (χ2v) is 7.69. The Morgan fingerprint density at radius 2 is 1.96 bits per heavy atom. The van der Waals surface area contributed by atoms with E-state index < -0.39 is 35.1 Å². The molecular weight excluding hydrogens is 364 g/mol. The van der Waals surface area contributed by atoms with E-state index in [1.54, 1.807) is 32.9 Å². The van der Waals surface area contributed by atoms with Crippen LogP contribution < -0.4 is 14.8 Å². The highest BCUT2D eigenvalue weighted by Crippen LogP contribution is 2.21. The Labute approximate surface area is 152 Å². The van der Waals surface area contributed by atoms with Gasteiger partial charge in [-0.25, -0.2) is 17.9 Å².